The van der Waals surface area contributed by atoms with Crippen molar-refractivity contribution in [2.75, 3.05) is 0 Å². The molecule has 0 radical (unpaired) electrons. The predicted octanol–water partition coefficient (Wildman–Crippen LogP) is 1.46. The maximum absolute atomic E-state index is 12.8. The fourth-order valence-corrected chi connectivity index (χ4v) is 5.53. The van der Waals surface area contributed by atoms with Crippen LogP contribution in [0.2, 0.25) is 5.32 Å². The fraction of sp³-hybridized carbons (Fsp3) is 0.500. The summed E-state index contributed by atoms with van der Waals surface area (Å²) in [4.78, 5) is 34.7. The summed E-state index contributed by atoms with van der Waals surface area (Å²) in [6.07, 6.45) is -8.52. The molecule has 30 heavy (non-hydrogen) atoms. The molecule has 1 aliphatic heterocycles. The topological polar surface area (TPSA) is 90.9 Å². The van der Waals surface area contributed by atoms with Crippen LogP contribution >= 0.6 is 15.9 Å². The first-order valence-corrected chi connectivity index (χ1v) is 11.7. The van der Waals surface area contributed by atoms with E-state index >= 15 is 0 Å². The number of rotatable bonds is 6. The molecule has 1 amide bonds. The second kappa shape index (κ2) is 10.6. The number of benzene rings is 1. The van der Waals surface area contributed by atoms with Crippen LogP contribution < -0.4 is 9.78 Å². The van der Waals surface area contributed by atoms with Crippen molar-refractivity contribution in [3.63, 3.8) is 0 Å². The molecule has 5 atom stereocenters. The quantitative estimate of drug-likeness (QED) is 0.322. The maximum atomic E-state index is 12.8. The molecule has 1 aliphatic rings. The summed E-state index contributed by atoms with van der Waals surface area (Å²) in [5, 5.41) is 1.03. The number of amides is 1. The third kappa shape index (κ3) is 6.97. The number of hydrogen-bond donors (Lipinski definition) is 1. The van der Waals surface area contributed by atoms with Crippen molar-refractivity contribution in [3.8, 4) is 0 Å². The Morgan fingerprint density at radius 3 is 2.20 bits per heavy atom. The summed E-state index contributed by atoms with van der Waals surface area (Å²) in [6, 6.07) is 7.96. The van der Waals surface area contributed by atoms with E-state index in [0.29, 0.717) is 5.32 Å². The Morgan fingerprint density at radius 2 is 1.67 bits per heavy atom. The minimum atomic E-state index is -5.16. The average molecular weight is 561 g/mol. The molecule has 1 aromatic carbocycles. The molecule has 0 unspecified atom stereocenters. The van der Waals surface area contributed by atoms with Gasteiger partial charge in [0.05, 0.1) is 0 Å². The van der Waals surface area contributed by atoms with Crippen molar-refractivity contribution in [1.82, 2.24) is 5.32 Å². The molecule has 0 bridgehead atoms. The molecule has 166 valence electrons. The molecule has 0 spiro atoms. The average Bonchev–Trinajstić information content (AvgIpc) is 2.64. The van der Waals surface area contributed by atoms with E-state index in [0.717, 1.165) is 18.3 Å². The van der Waals surface area contributed by atoms with E-state index in [1.54, 1.807) is 5.32 Å². The first-order valence-electron chi connectivity index (χ1n) is 8.68. The Bertz CT molecular complexity index is 766. The molecule has 1 fully saturated rings. The minimum absolute atomic E-state index is 0.125. The van der Waals surface area contributed by atoms with Gasteiger partial charge in [-0.05, 0) is 0 Å². The first kappa shape index (κ1) is 24.6. The van der Waals surface area contributed by atoms with Crippen molar-refractivity contribution in [1.29, 1.82) is 0 Å². The monoisotopic (exact) mass is 561 g/mol. The molecular formula is C18H19BrF3NO6Se. The molecule has 1 aromatic rings. The second-order valence-electron chi connectivity index (χ2n) is 6.29. The van der Waals surface area contributed by atoms with Crippen molar-refractivity contribution in [3.05, 3.63) is 30.3 Å². The van der Waals surface area contributed by atoms with E-state index in [9.17, 15) is 27.6 Å². The number of hydrogen-bond acceptors (Lipinski definition) is 6. The zero-order chi connectivity index (χ0) is 22.5. The van der Waals surface area contributed by atoms with Gasteiger partial charge in [0, 0.05) is 0 Å². The predicted molar refractivity (Wildman–Crippen MR) is 103 cm³/mol. The van der Waals surface area contributed by atoms with Crippen molar-refractivity contribution in [2.45, 2.75) is 54.7 Å². The number of carbonyl (C=O) groups excluding carboxylic acids is 3. The SMILES string of the molecule is CC(=O)O[C@@H]1[C@@H](NC(=O)C(F)(F)F)[C@@H](Br)O[C@H](C[Se]c2ccccc2)[C@H]1OC(C)=O. The normalized spacial score (nSPS) is 26.5. The molecule has 0 saturated carbocycles. The second-order valence-corrected chi connectivity index (χ2v) is 9.49. The molecule has 1 heterocycles. The number of ether oxygens (including phenoxy) is 3. The standard InChI is InChI=1S/C18H19BrF3NO6Se/c1-9(24)27-14-12(8-30-11-6-4-3-5-7-11)29-16(19)13(15(14)28-10(2)25)23-17(26)18(20,21)22/h3-7,12-16H,8H2,1-2H3,(H,23,26)/t12-,13-,14-,15-,16+/m1/s1. The van der Waals surface area contributed by atoms with E-state index in [-0.39, 0.29) is 15.0 Å². The fourth-order valence-electron chi connectivity index (χ4n) is 2.77. The molecule has 7 nitrogen and oxygen atoms in total. The van der Waals surface area contributed by atoms with Gasteiger partial charge >= 0.3 is 185 Å². The summed E-state index contributed by atoms with van der Waals surface area (Å²) in [6.45, 7) is 2.18. The van der Waals surface area contributed by atoms with Crippen molar-refractivity contribution >= 4 is 53.2 Å². The van der Waals surface area contributed by atoms with Gasteiger partial charge in [0.1, 0.15) is 0 Å². The Morgan fingerprint density at radius 1 is 1.10 bits per heavy atom. The van der Waals surface area contributed by atoms with Crippen LogP contribution in [0.1, 0.15) is 13.8 Å². The summed E-state index contributed by atoms with van der Waals surface area (Å²) in [5.41, 5.74) is 0. The summed E-state index contributed by atoms with van der Waals surface area (Å²) in [7, 11) is 0. The zero-order valence-corrected chi connectivity index (χ0v) is 19.1. The first-order chi connectivity index (χ1) is 14.0. The Labute approximate surface area is 185 Å². The Hall–Kier alpha value is -1.62. The van der Waals surface area contributed by atoms with Gasteiger partial charge in [-0.1, -0.05) is 0 Å². The number of nitrogens with one attached hydrogen (secondary N) is 1. The van der Waals surface area contributed by atoms with Crippen LogP contribution in [0.15, 0.2) is 30.3 Å². The van der Waals surface area contributed by atoms with Gasteiger partial charge < -0.3 is 0 Å². The third-order valence-electron chi connectivity index (χ3n) is 3.95. The van der Waals surface area contributed by atoms with Gasteiger partial charge in [-0.3, -0.25) is 0 Å². The van der Waals surface area contributed by atoms with E-state index in [1.165, 1.54) is 0 Å². The molecule has 2 rings (SSSR count). The van der Waals surface area contributed by atoms with Crippen LogP contribution in [0.4, 0.5) is 13.2 Å². The van der Waals surface area contributed by atoms with Crippen molar-refractivity contribution in [2.24, 2.45) is 0 Å². The molecule has 12 heteroatoms. The number of alkyl halides is 4. The van der Waals surface area contributed by atoms with Gasteiger partial charge in [-0.15, -0.1) is 0 Å². The zero-order valence-electron chi connectivity index (χ0n) is 15.9. The Kier molecular flexibility index (Phi) is 8.72. The van der Waals surface area contributed by atoms with E-state index < -0.39 is 53.4 Å². The molecule has 1 saturated heterocycles. The van der Waals surface area contributed by atoms with Crippen molar-refractivity contribution < 1.29 is 41.8 Å². The van der Waals surface area contributed by atoms with Gasteiger partial charge in [-0.2, -0.15) is 0 Å². The van der Waals surface area contributed by atoms with E-state index in [4.69, 9.17) is 14.2 Å². The number of carbonyl (C=O) groups is 3. The van der Waals surface area contributed by atoms with Gasteiger partial charge in [0.15, 0.2) is 0 Å². The van der Waals surface area contributed by atoms with Crippen LogP contribution in [0.5, 0.6) is 0 Å². The molecule has 0 aromatic heterocycles. The van der Waals surface area contributed by atoms with E-state index in [2.05, 4.69) is 15.9 Å². The van der Waals surface area contributed by atoms with Gasteiger partial charge in [0.2, 0.25) is 0 Å². The molecule has 1 N–H and O–H groups in total. The Balaban J connectivity index is 2.28. The van der Waals surface area contributed by atoms with Gasteiger partial charge in [0.25, 0.3) is 0 Å². The van der Waals surface area contributed by atoms with Gasteiger partial charge in [-0.25, -0.2) is 0 Å². The number of halogens is 4. The van der Waals surface area contributed by atoms with Crippen LogP contribution in [-0.4, -0.2) is 68.3 Å². The molecular weight excluding hydrogens is 542 g/mol. The summed E-state index contributed by atoms with van der Waals surface area (Å²) < 4.78 is 55.5. The summed E-state index contributed by atoms with van der Waals surface area (Å²) >= 11 is 2.99. The van der Waals surface area contributed by atoms with E-state index in [1.807, 2.05) is 30.3 Å². The molecule has 0 aliphatic carbocycles. The van der Waals surface area contributed by atoms with Crippen LogP contribution in [0.3, 0.4) is 0 Å². The number of esters is 2. The van der Waals surface area contributed by atoms with Crippen LogP contribution in [0, 0.1) is 0 Å². The third-order valence-corrected chi connectivity index (χ3v) is 7.04. The summed E-state index contributed by atoms with van der Waals surface area (Å²) in [5.74, 6) is -3.77. The van der Waals surface area contributed by atoms with Crippen LogP contribution in [-0.2, 0) is 28.6 Å². The van der Waals surface area contributed by atoms with Crippen LogP contribution in [0.25, 0.3) is 0 Å².